The maximum atomic E-state index is 5.41. The van der Waals surface area contributed by atoms with Crippen LogP contribution in [0.3, 0.4) is 0 Å². The minimum atomic E-state index is 0.298. The Kier molecular flexibility index (Phi) is 4.56. The van der Waals surface area contributed by atoms with Gasteiger partial charge in [0.15, 0.2) is 0 Å². The molecule has 0 fully saturated rings. The Morgan fingerprint density at radius 3 is 2.79 bits per heavy atom. The summed E-state index contributed by atoms with van der Waals surface area (Å²) < 4.78 is 10.7. The van der Waals surface area contributed by atoms with Crippen molar-refractivity contribution >= 4 is 17.7 Å². The summed E-state index contributed by atoms with van der Waals surface area (Å²) in [5, 5.41) is 3.84. The Morgan fingerprint density at radius 1 is 1.32 bits per heavy atom. The summed E-state index contributed by atoms with van der Waals surface area (Å²) >= 11 is 1.23. The van der Waals surface area contributed by atoms with Gasteiger partial charge in [0, 0.05) is 18.8 Å². The fraction of sp³-hybridized carbons (Fsp3) is 0.455. The predicted octanol–water partition coefficient (Wildman–Crippen LogP) is 2.15. The molecule has 19 heavy (non-hydrogen) atoms. The number of rotatable bonds is 6. The number of anilines is 1. The Hall–Kier alpha value is -1.83. The Balaban J connectivity index is 2.18. The summed E-state index contributed by atoms with van der Waals surface area (Å²) in [6.07, 6.45) is 2.47. The molecular weight excluding hydrogens is 266 g/mol. The van der Waals surface area contributed by atoms with E-state index in [0.717, 1.165) is 12.1 Å². The van der Waals surface area contributed by atoms with Crippen molar-refractivity contribution in [2.24, 2.45) is 0 Å². The molecule has 102 valence electrons. The van der Waals surface area contributed by atoms with E-state index in [2.05, 4.69) is 25.3 Å². The minimum absolute atomic E-state index is 0.298. The molecule has 2 rings (SSSR count). The van der Waals surface area contributed by atoms with Crippen molar-refractivity contribution < 1.29 is 9.15 Å². The normalized spacial score (nSPS) is 10.5. The highest BCUT2D eigenvalue weighted by Crippen LogP contribution is 2.25. The topological polar surface area (TPSA) is 86.0 Å². The summed E-state index contributed by atoms with van der Waals surface area (Å²) in [6.45, 7) is 4.44. The van der Waals surface area contributed by atoms with Gasteiger partial charge in [-0.1, -0.05) is 6.92 Å². The molecule has 0 spiro atoms. The zero-order valence-electron chi connectivity index (χ0n) is 11.0. The lowest BCUT2D eigenvalue weighted by Gasteiger charge is -2.05. The zero-order valence-corrected chi connectivity index (χ0v) is 11.8. The highest BCUT2D eigenvalue weighted by molar-refractivity contribution is 7.98. The lowest BCUT2D eigenvalue weighted by Crippen LogP contribution is -2.05. The maximum absolute atomic E-state index is 5.41. The van der Waals surface area contributed by atoms with Crippen LogP contribution in [0.5, 0.6) is 6.01 Å². The van der Waals surface area contributed by atoms with Crippen molar-refractivity contribution in [3.8, 4) is 6.01 Å². The van der Waals surface area contributed by atoms with Gasteiger partial charge in [0.25, 0.3) is 5.22 Å². The van der Waals surface area contributed by atoms with Crippen LogP contribution in [0.1, 0.15) is 19.0 Å². The van der Waals surface area contributed by atoms with Gasteiger partial charge in [-0.3, -0.25) is 0 Å². The first kappa shape index (κ1) is 13.6. The van der Waals surface area contributed by atoms with Crippen LogP contribution in [0.4, 0.5) is 5.95 Å². The van der Waals surface area contributed by atoms with Crippen LogP contribution in [0.25, 0.3) is 0 Å². The second-order valence-corrected chi connectivity index (χ2v) is 4.60. The van der Waals surface area contributed by atoms with E-state index >= 15 is 0 Å². The Bertz CT molecular complexity index is 546. The van der Waals surface area contributed by atoms with E-state index in [-0.39, 0.29) is 0 Å². The molecule has 8 heteroatoms. The van der Waals surface area contributed by atoms with Crippen LogP contribution < -0.4 is 10.1 Å². The minimum Gasteiger partial charge on any atom is -0.463 e. The number of aromatic nitrogens is 4. The average Bonchev–Trinajstić information content (AvgIpc) is 2.81. The Labute approximate surface area is 115 Å². The van der Waals surface area contributed by atoms with Crippen LogP contribution >= 0.6 is 11.8 Å². The third-order valence-electron chi connectivity index (χ3n) is 2.03. The molecular formula is C11H15N5O2S. The van der Waals surface area contributed by atoms with Gasteiger partial charge in [0.2, 0.25) is 11.1 Å². The molecule has 0 bridgehead atoms. The molecule has 2 aromatic heterocycles. The van der Waals surface area contributed by atoms with Crippen LogP contribution in [-0.2, 0) is 0 Å². The molecule has 0 radical (unpaired) electrons. The number of nitrogens with zero attached hydrogens (tertiary/aromatic N) is 4. The smallest absolute Gasteiger partial charge is 0.322 e. The van der Waals surface area contributed by atoms with Gasteiger partial charge in [-0.25, -0.2) is 4.98 Å². The monoisotopic (exact) mass is 281 g/mol. The first-order chi connectivity index (χ1) is 9.21. The van der Waals surface area contributed by atoms with E-state index in [4.69, 9.17) is 9.15 Å². The van der Waals surface area contributed by atoms with Crippen molar-refractivity contribution in [2.75, 3.05) is 19.0 Å². The highest BCUT2D eigenvalue weighted by atomic mass is 32.2. The van der Waals surface area contributed by atoms with Crippen molar-refractivity contribution in [3.63, 3.8) is 0 Å². The van der Waals surface area contributed by atoms with Crippen LogP contribution in [-0.4, -0.2) is 33.6 Å². The second kappa shape index (κ2) is 6.37. The highest BCUT2D eigenvalue weighted by Gasteiger charge is 2.11. The molecule has 2 aromatic rings. The molecule has 0 unspecified atom stereocenters. The van der Waals surface area contributed by atoms with Gasteiger partial charge in [-0.05, 0) is 13.3 Å². The predicted molar refractivity (Wildman–Crippen MR) is 70.5 cm³/mol. The number of oxazole rings is 1. The molecule has 1 N–H and O–H groups in total. The van der Waals surface area contributed by atoms with Crippen LogP contribution in [0.15, 0.2) is 21.1 Å². The van der Waals surface area contributed by atoms with Gasteiger partial charge in [-0.2, -0.15) is 15.0 Å². The standard InChI is InChI=1S/C11H15N5O2S/c1-4-5-17-9-14-8(12-3)15-10(16-9)19-11-13-7(2)6-18-11/h6H,4-5H2,1-3H3,(H,12,14,15,16). The molecule has 0 aliphatic carbocycles. The first-order valence-electron chi connectivity index (χ1n) is 5.88. The molecule has 0 aliphatic heterocycles. The van der Waals surface area contributed by atoms with Crippen molar-refractivity contribution in [2.45, 2.75) is 30.6 Å². The van der Waals surface area contributed by atoms with Gasteiger partial charge < -0.3 is 14.5 Å². The van der Waals surface area contributed by atoms with Crippen molar-refractivity contribution in [1.82, 2.24) is 19.9 Å². The summed E-state index contributed by atoms with van der Waals surface area (Å²) in [6, 6.07) is 0.298. The second-order valence-electron chi connectivity index (χ2n) is 3.68. The number of hydrogen-bond acceptors (Lipinski definition) is 8. The SMILES string of the molecule is CCCOc1nc(NC)nc(Sc2nc(C)co2)n1. The fourth-order valence-electron chi connectivity index (χ4n) is 1.21. The van der Waals surface area contributed by atoms with Crippen molar-refractivity contribution in [3.05, 3.63) is 12.0 Å². The number of hydrogen-bond donors (Lipinski definition) is 1. The van der Waals surface area contributed by atoms with E-state index < -0.39 is 0 Å². The zero-order chi connectivity index (χ0) is 13.7. The summed E-state index contributed by atoms with van der Waals surface area (Å²) in [5.74, 6) is 0.451. The largest absolute Gasteiger partial charge is 0.463 e. The molecule has 0 aromatic carbocycles. The van der Waals surface area contributed by atoms with E-state index in [1.54, 1.807) is 13.3 Å². The van der Waals surface area contributed by atoms with Gasteiger partial charge >= 0.3 is 6.01 Å². The third-order valence-corrected chi connectivity index (χ3v) is 2.76. The third kappa shape index (κ3) is 3.82. The van der Waals surface area contributed by atoms with E-state index in [1.807, 2.05) is 13.8 Å². The average molecular weight is 281 g/mol. The maximum Gasteiger partial charge on any atom is 0.322 e. The molecule has 0 amide bonds. The van der Waals surface area contributed by atoms with E-state index in [0.29, 0.717) is 28.9 Å². The van der Waals surface area contributed by atoms with Crippen molar-refractivity contribution in [1.29, 1.82) is 0 Å². The summed E-state index contributed by atoms with van der Waals surface area (Å²) in [5.41, 5.74) is 0.813. The van der Waals surface area contributed by atoms with E-state index in [1.165, 1.54) is 11.8 Å². The number of nitrogens with one attached hydrogen (secondary N) is 1. The molecule has 2 heterocycles. The van der Waals surface area contributed by atoms with Gasteiger partial charge in [0.1, 0.15) is 6.26 Å². The quantitative estimate of drug-likeness (QED) is 0.862. The molecule has 0 aliphatic rings. The van der Waals surface area contributed by atoms with E-state index in [9.17, 15) is 0 Å². The lowest BCUT2D eigenvalue weighted by molar-refractivity contribution is 0.288. The van der Waals surface area contributed by atoms with Gasteiger partial charge in [-0.15, -0.1) is 0 Å². The number of aryl methyl sites for hydroxylation is 1. The molecule has 7 nitrogen and oxygen atoms in total. The summed E-state index contributed by atoms with van der Waals surface area (Å²) in [7, 11) is 1.74. The molecule has 0 saturated heterocycles. The summed E-state index contributed by atoms with van der Waals surface area (Å²) in [4.78, 5) is 16.7. The van der Waals surface area contributed by atoms with Gasteiger partial charge in [0.05, 0.1) is 12.3 Å². The lowest BCUT2D eigenvalue weighted by atomic mass is 10.5. The molecule has 0 saturated carbocycles. The number of ether oxygens (including phenoxy) is 1. The molecule has 0 atom stereocenters. The fourth-order valence-corrected chi connectivity index (χ4v) is 1.91. The Morgan fingerprint density at radius 2 is 2.16 bits per heavy atom. The van der Waals surface area contributed by atoms with Crippen LogP contribution in [0.2, 0.25) is 0 Å². The first-order valence-corrected chi connectivity index (χ1v) is 6.69. The van der Waals surface area contributed by atoms with Crippen LogP contribution in [0, 0.1) is 6.92 Å².